The lowest BCUT2D eigenvalue weighted by atomic mass is 9.85. The van der Waals surface area contributed by atoms with Crippen LogP contribution in [0.1, 0.15) is 149 Å². The van der Waals surface area contributed by atoms with Crippen molar-refractivity contribution >= 4 is 81.0 Å². The first-order valence-electron chi connectivity index (χ1n) is 37.4. The number of fused-ring (bicyclic) bond motifs is 3. The number of nitrogens with zero attached hydrogens (tertiary/aromatic N) is 6. The van der Waals surface area contributed by atoms with Gasteiger partial charge >= 0.3 is 36.3 Å². The highest BCUT2D eigenvalue weighted by atomic mass is 32.2. The topological polar surface area (TPSA) is 458 Å². The molecule has 41 heteroatoms. The molecule has 6 aliphatic heterocycles. The van der Waals surface area contributed by atoms with Gasteiger partial charge in [-0.2, -0.15) is 63.7 Å². The molecular weight excluding hydrogens is 1550 g/mol. The van der Waals surface area contributed by atoms with E-state index < -0.39 is 171 Å². The van der Waals surface area contributed by atoms with Crippen LogP contribution in [-0.2, 0) is 72.4 Å². The number of nitriles is 3. The lowest BCUT2D eigenvalue weighted by Crippen LogP contribution is -2.61. The minimum Gasteiger partial charge on any atom is -0.379 e. The maximum Gasteiger partial charge on any atom is 0.471 e. The average Bonchev–Trinajstić information content (AvgIpc) is 1.54. The monoisotopic (exact) mass is 1650 g/mol. The van der Waals surface area contributed by atoms with Crippen molar-refractivity contribution in [2.24, 2.45) is 86.8 Å². The molecule has 6 saturated heterocycles. The molecule has 3 saturated carbocycles. The number of likely N-dealkylation sites (tertiary alicyclic amines) is 3. The number of rotatable bonds is 20. The van der Waals surface area contributed by atoms with Gasteiger partial charge in [-0.1, -0.05) is 90.0 Å². The van der Waals surface area contributed by atoms with Gasteiger partial charge in [-0.05, 0) is 128 Å². The Bertz CT molecular complexity index is 3730. The largest absolute Gasteiger partial charge is 0.471 e. The van der Waals surface area contributed by atoms with Crippen molar-refractivity contribution in [1.29, 1.82) is 15.8 Å². The first-order chi connectivity index (χ1) is 51.9. The molecule has 3 aliphatic carbocycles. The Labute approximate surface area is 657 Å². The quantitative estimate of drug-likeness (QED) is 0.0616. The molecule has 9 rings (SSSR count). The molecule has 0 aromatic carbocycles. The summed E-state index contributed by atoms with van der Waals surface area (Å²) in [7, 11) is -1.96. The zero-order valence-electron chi connectivity index (χ0n) is 67.1. The van der Waals surface area contributed by atoms with Gasteiger partial charge in [-0.25, -0.2) is 0 Å². The number of nitrogens with one attached hydrogen (secondary N) is 9. The van der Waals surface area contributed by atoms with E-state index in [0.717, 1.165) is 0 Å². The number of carbonyl (C=O) groups excluding carboxylic acids is 12. The fourth-order valence-corrected chi connectivity index (χ4v) is 16.0. The first-order valence-corrected chi connectivity index (χ1v) is 39.3. The van der Waals surface area contributed by atoms with Gasteiger partial charge in [0.2, 0.25) is 53.2 Å². The average molecular weight is 1650 g/mol. The predicted molar refractivity (Wildman–Crippen MR) is 386 cm³/mol. The van der Waals surface area contributed by atoms with Crippen molar-refractivity contribution < 1.29 is 115 Å². The second-order valence-electron chi connectivity index (χ2n) is 35.0. The molecule has 0 spiro atoms. The van der Waals surface area contributed by atoms with Crippen molar-refractivity contribution in [3.8, 4) is 18.2 Å². The Morgan fingerprint density at radius 1 is 0.491 bits per heavy atom. The van der Waals surface area contributed by atoms with Crippen LogP contribution in [0, 0.1) is 121 Å². The van der Waals surface area contributed by atoms with E-state index in [0.29, 0.717) is 45.2 Å². The van der Waals surface area contributed by atoms with Crippen LogP contribution in [0.5, 0.6) is 0 Å². The number of alkyl halides is 9. The Hall–Kier alpha value is -8.65. The number of amides is 12. The van der Waals surface area contributed by atoms with Gasteiger partial charge in [0.05, 0.1) is 30.1 Å². The second kappa shape index (κ2) is 36.2. The van der Waals surface area contributed by atoms with Crippen LogP contribution < -0.4 is 47.9 Å². The van der Waals surface area contributed by atoms with E-state index in [1.807, 2.05) is 80.5 Å². The number of halogens is 9. The standard InChI is InChI=1S/C23H32F3N5O4.2C22H30F3N5O4.C5H12O.CH4O3S/c1-21(2,3)16(30-20(35)23(24,25)26)19(34)31-10-13-14(22(13,4)5)15(31)18(33)29-12(9-27)8-11-6-7-28-17(11)32;2*1-10(2)15(29-20(34)22(23,24)25)19(33)30-9-13-14(21(13,3)4)16(30)18(32)28-12(8-26)7-11-5-6-27-17(11)31;1-5(2,3)6-4;1-5(2,3)4/h11-16H,6-8,10H2,1-5H3,(H,28,32)(H,29,33)(H,30,35);2*10-16H,5-7,9H2,1-4H3,(H,27,31)(H,28,32)(H,29,34);1-4H3;1H3,(H,2,3,4)/t11-,12-,13-,14-,15-,16+;11-,12+,13-,14-,15-,16?;11-,12-,13-,14-,15-,16-;;/m000../s1. The fourth-order valence-electron chi connectivity index (χ4n) is 16.0. The van der Waals surface area contributed by atoms with Crippen molar-refractivity contribution in [2.45, 2.75) is 228 Å². The molecule has 9 fully saturated rings. The molecule has 0 aromatic rings. The van der Waals surface area contributed by atoms with Crippen molar-refractivity contribution in [3.63, 3.8) is 0 Å². The van der Waals surface area contributed by atoms with E-state index in [4.69, 9.17) is 9.29 Å². The first kappa shape index (κ1) is 95.9. The van der Waals surface area contributed by atoms with Crippen LogP contribution in [0.25, 0.3) is 0 Å². The second-order valence-corrected chi connectivity index (χ2v) is 36.4. The molecule has 0 aromatic heterocycles. The smallest absolute Gasteiger partial charge is 0.379 e. The van der Waals surface area contributed by atoms with Crippen molar-refractivity contribution in [3.05, 3.63) is 0 Å². The molecule has 1 unspecified atom stereocenters. The summed E-state index contributed by atoms with van der Waals surface area (Å²) in [4.78, 5) is 154. The van der Waals surface area contributed by atoms with Crippen LogP contribution in [0.15, 0.2) is 0 Å². The lowest BCUT2D eigenvalue weighted by molar-refractivity contribution is -0.176. The highest BCUT2D eigenvalue weighted by molar-refractivity contribution is 7.85. The molecular formula is C73H108F9N15O16S. The van der Waals surface area contributed by atoms with E-state index in [1.165, 1.54) is 63.2 Å². The Balaban J connectivity index is 0.000000285. The maximum absolute atomic E-state index is 13.5. The van der Waals surface area contributed by atoms with E-state index >= 15 is 0 Å². The van der Waals surface area contributed by atoms with Crippen LogP contribution in [0.4, 0.5) is 39.5 Å². The fraction of sp³-hybridized carbons (Fsp3) is 0.795. The molecule has 31 nitrogen and oxygen atoms in total. The van der Waals surface area contributed by atoms with Gasteiger partial charge in [-0.3, -0.25) is 62.1 Å². The summed E-state index contributed by atoms with van der Waals surface area (Å²) in [5.41, 5.74) is -1.80. The zero-order chi connectivity index (χ0) is 87.4. The van der Waals surface area contributed by atoms with Gasteiger partial charge in [0.1, 0.15) is 54.4 Å². The normalized spacial score (nSPS) is 27.3. The van der Waals surface area contributed by atoms with E-state index in [-0.39, 0.29) is 114 Å². The number of methoxy groups -OCH3 is 1. The van der Waals surface area contributed by atoms with Crippen molar-refractivity contribution in [1.82, 2.24) is 62.6 Å². The van der Waals surface area contributed by atoms with E-state index in [1.54, 1.807) is 23.1 Å². The molecule has 9 aliphatic rings. The van der Waals surface area contributed by atoms with Crippen LogP contribution in [0.3, 0.4) is 0 Å². The Morgan fingerprint density at radius 3 is 0.921 bits per heavy atom. The molecule has 10 N–H and O–H groups in total. The molecule has 114 heavy (non-hydrogen) atoms. The van der Waals surface area contributed by atoms with Crippen molar-refractivity contribution in [2.75, 3.05) is 52.6 Å². The molecule has 18 atom stereocenters. The zero-order valence-corrected chi connectivity index (χ0v) is 67.9. The summed E-state index contributed by atoms with van der Waals surface area (Å²) >= 11 is 0. The molecule has 0 radical (unpaired) electrons. The molecule has 0 bridgehead atoms. The number of ether oxygens (including phenoxy) is 1. The molecule has 6 heterocycles. The molecule has 12 amide bonds. The third kappa shape index (κ3) is 24.0. The Kier molecular flexibility index (Phi) is 30.5. The number of piperidine rings is 3. The SMILES string of the molecule is CC(C)(C)[C@H](NC(=O)C(F)(F)F)C(=O)N1C[C@H]2[C@@H]([C@H]1C(=O)N[C@H](C#N)C[C@@H]1CCNC1=O)C2(C)C.CC(C)[C@H](NC(=O)C(F)(F)F)C(=O)N1C[C@H]2[C@@H](C1C(=O)N[C@@H](C#N)C[C@@H]1CCNC1=O)C2(C)C.CC(C)[C@H](NC(=O)C(F)(F)F)C(=O)N1C[C@H]2[C@@H]([C@H]1C(=O)N[C@H](C#N)C[C@@H]1CCNC1=O)C2(C)C.COC(C)(C)C.CS(=O)(=O)O. The number of hydrogen-bond donors (Lipinski definition) is 10. The van der Waals surface area contributed by atoms with Crippen LogP contribution in [0.2, 0.25) is 0 Å². The summed E-state index contributed by atoms with van der Waals surface area (Å²) in [6.45, 7) is 30.3. The third-order valence-corrected chi connectivity index (χ3v) is 23.0. The molecule has 640 valence electrons. The van der Waals surface area contributed by atoms with E-state index in [2.05, 4.69) is 31.9 Å². The lowest BCUT2D eigenvalue weighted by Gasteiger charge is -2.37. The summed E-state index contributed by atoms with van der Waals surface area (Å²) < 4.78 is 146. The number of hydrogen-bond acceptors (Lipinski definition) is 18. The minimum absolute atomic E-state index is 0.0283. The van der Waals surface area contributed by atoms with Gasteiger partial charge in [-0.15, -0.1) is 0 Å². The highest BCUT2D eigenvalue weighted by Crippen LogP contribution is 2.67. The maximum atomic E-state index is 13.5. The van der Waals surface area contributed by atoms with Gasteiger partial charge < -0.3 is 67.3 Å². The third-order valence-electron chi connectivity index (χ3n) is 23.0. The van der Waals surface area contributed by atoms with Gasteiger partial charge in [0.15, 0.2) is 0 Å². The number of carbonyl (C=O) groups is 12. The summed E-state index contributed by atoms with van der Waals surface area (Å²) in [5.74, 6) is -14.6. The van der Waals surface area contributed by atoms with Crippen LogP contribution >= 0.6 is 0 Å². The summed E-state index contributed by atoms with van der Waals surface area (Å²) in [5, 5.41) is 49.9. The minimum atomic E-state index is -5.16. The summed E-state index contributed by atoms with van der Waals surface area (Å²) in [6, 6.07) is -4.30. The van der Waals surface area contributed by atoms with Crippen LogP contribution in [-0.4, -0.2) is 230 Å². The predicted octanol–water partition coefficient (Wildman–Crippen LogP) is 3.45. The summed E-state index contributed by atoms with van der Waals surface area (Å²) in [6.07, 6.45) is -12.7. The van der Waals surface area contributed by atoms with E-state index in [9.17, 15) is 121 Å². The Morgan fingerprint density at radius 2 is 0.728 bits per heavy atom. The van der Waals surface area contributed by atoms with Gasteiger partial charge in [0.25, 0.3) is 10.1 Å². The highest BCUT2D eigenvalue weighted by Gasteiger charge is 2.72. The van der Waals surface area contributed by atoms with Gasteiger partial charge in [0, 0.05) is 64.1 Å².